The molecule has 4 nitrogen and oxygen atoms in total. The topological polar surface area (TPSA) is 32.5 Å². The summed E-state index contributed by atoms with van der Waals surface area (Å²) in [5.74, 6) is -0.151. The Bertz CT molecular complexity index is 815. The number of oxazole rings is 1. The third-order valence-corrected chi connectivity index (χ3v) is 6.51. The molecule has 5 heterocycles. The zero-order chi connectivity index (χ0) is 17.8. The van der Waals surface area contributed by atoms with Gasteiger partial charge in [-0.25, -0.2) is 13.8 Å². The second-order valence-electron chi connectivity index (χ2n) is 7.89. The van der Waals surface area contributed by atoms with Crippen molar-refractivity contribution in [3.63, 3.8) is 0 Å². The van der Waals surface area contributed by atoms with Crippen LogP contribution < -0.4 is 0 Å². The summed E-state index contributed by atoms with van der Waals surface area (Å²) in [7, 11) is 0. The highest BCUT2D eigenvalue weighted by Crippen LogP contribution is 2.47. The summed E-state index contributed by atoms with van der Waals surface area (Å²) in [5.41, 5.74) is 1.43. The first-order chi connectivity index (χ1) is 12.6. The van der Waals surface area contributed by atoms with Gasteiger partial charge in [-0.15, -0.1) is 0 Å². The number of halogens is 2. The van der Waals surface area contributed by atoms with Gasteiger partial charge in [0, 0.05) is 38.0 Å². The van der Waals surface area contributed by atoms with Gasteiger partial charge in [0.15, 0.2) is 17.5 Å². The SMILES string of the molecule is Cc1nc(CN2C[C@H](c3cccc(F)c3F)[C@@H]3[C@H]2C2CCN3CC2)co1. The van der Waals surface area contributed by atoms with E-state index in [2.05, 4.69) is 14.8 Å². The minimum atomic E-state index is -0.749. The van der Waals surface area contributed by atoms with Gasteiger partial charge in [-0.05, 0) is 43.5 Å². The molecule has 4 aliphatic heterocycles. The van der Waals surface area contributed by atoms with E-state index < -0.39 is 11.6 Å². The molecule has 4 aliphatic rings. The number of aromatic nitrogens is 1. The largest absolute Gasteiger partial charge is 0.449 e. The molecule has 1 aromatic carbocycles. The van der Waals surface area contributed by atoms with Crippen molar-refractivity contribution in [3.8, 4) is 0 Å². The van der Waals surface area contributed by atoms with Crippen molar-refractivity contribution in [1.29, 1.82) is 0 Å². The van der Waals surface area contributed by atoms with Gasteiger partial charge in [0.1, 0.15) is 6.26 Å². The van der Waals surface area contributed by atoms with Crippen LogP contribution in [0.2, 0.25) is 0 Å². The van der Waals surface area contributed by atoms with Gasteiger partial charge in [-0.3, -0.25) is 9.80 Å². The summed E-state index contributed by atoms with van der Waals surface area (Å²) >= 11 is 0. The lowest BCUT2D eigenvalue weighted by atomic mass is 9.75. The molecule has 0 unspecified atom stereocenters. The molecule has 0 saturated carbocycles. The fourth-order valence-corrected chi connectivity index (χ4v) is 5.49. The van der Waals surface area contributed by atoms with E-state index >= 15 is 0 Å². The zero-order valence-electron chi connectivity index (χ0n) is 14.9. The third kappa shape index (κ3) is 2.50. The van der Waals surface area contributed by atoms with Gasteiger partial charge in [0.2, 0.25) is 0 Å². The molecule has 0 spiro atoms. The van der Waals surface area contributed by atoms with E-state index in [0.29, 0.717) is 30.0 Å². The van der Waals surface area contributed by atoms with Crippen molar-refractivity contribution in [1.82, 2.24) is 14.8 Å². The van der Waals surface area contributed by atoms with E-state index in [9.17, 15) is 8.78 Å². The highest BCUT2D eigenvalue weighted by atomic mass is 19.2. The number of benzene rings is 1. The molecular formula is C20H23F2N3O. The van der Waals surface area contributed by atoms with E-state index in [0.717, 1.165) is 25.3 Å². The average Bonchev–Trinajstić information content (AvgIpc) is 3.24. The maximum absolute atomic E-state index is 14.6. The lowest BCUT2D eigenvalue weighted by molar-refractivity contribution is -0.00917. The van der Waals surface area contributed by atoms with E-state index in [1.807, 2.05) is 6.92 Å². The monoisotopic (exact) mass is 359 g/mol. The average molecular weight is 359 g/mol. The maximum Gasteiger partial charge on any atom is 0.191 e. The van der Waals surface area contributed by atoms with Crippen LogP contribution in [-0.2, 0) is 6.54 Å². The number of rotatable bonds is 3. The molecule has 0 amide bonds. The van der Waals surface area contributed by atoms with Crippen molar-refractivity contribution in [2.75, 3.05) is 19.6 Å². The molecule has 6 rings (SSSR count). The molecule has 0 radical (unpaired) electrons. The van der Waals surface area contributed by atoms with Crippen molar-refractivity contribution >= 4 is 0 Å². The number of likely N-dealkylation sites (tertiary alicyclic amines) is 1. The van der Waals surface area contributed by atoms with Gasteiger partial charge in [0.25, 0.3) is 0 Å². The predicted octanol–water partition coefficient (Wildman–Crippen LogP) is 3.32. The molecule has 1 aromatic heterocycles. The molecular weight excluding hydrogens is 336 g/mol. The van der Waals surface area contributed by atoms with Crippen LogP contribution in [0.4, 0.5) is 8.78 Å². The van der Waals surface area contributed by atoms with Gasteiger partial charge >= 0.3 is 0 Å². The normalized spacial score (nSPS) is 33.6. The van der Waals surface area contributed by atoms with Gasteiger partial charge in [-0.2, -0.15) is 0 Å². The van der Waals surface area contributed by atoms with E-state index in [4.69, 9.17) is 4.42 Å². The second-order valence-corrected chi connectivity index (χ2v) is 7.89. The van der Waals surface area contributed by atoms with E-state index in [1.165, 1.54) is 18.9 Å². The minimum absolute atomic E-state index is 0.00759. The van der Waals surface area contributed by atoms with Crippen LogP contribution in [0.15, 0.2) is 28.9 Å². The summed E-state index contributed by atoms with van der Waals surface area (Å²) in [5, 5.41) is 0. The highest BCUT2D eigenvalue weighted by Gasteiger charge is 2.53. The van der Waals surface area contributed by atoms with Crippen molar-refractivity contribution in [3.05, 3.63) is 53.2 Å². The van der Waals surface area contributed by atoms with Crippen LogP contribution >= 0.6 is 0 Å². The molecule has 3 atom stereocenters. The smallest absolute Gasteiger partial charge is 0.191 e. The van der Waals surface area contributed by atoms with E-state index in [-0.39, 0.29) is 12.0 Å². The molecule has 4 saturated heterocycles. The Morgan fingerprint density at radius 3 is 2.73 bits per heavy atom. The molecule has 4 fully saturated rings. The van der Waals surface area contributed by atoms with Crippen molar-refractivity contribution in [2.45, 2.75) is 44.3 Å². The number of aryl methyl sites for hydroxylation is 1. The van der Waals surface area contributed by atoms with Crippen LogP contribution in [0.5, 0.6) is 0 Å². The Morgan fingerprint density at radius 2 is 2.00 bits per heavy atom. The first-order valence-electron chi connectivity index (χ1n) is 9.45. The van der Waals surface area contributed by atoms with Crippen molar-refractivity contribution in [2.24, 2.45) is 5.92 Å². The minimum Gasteiger partial charge on any atom is -0.449 e. The number of nitrogens with zero attached hydrogens (tertiary/aromatic N) is 3. The molecule has 6 heteroatoms. The van der Waals surface area contributed by atoms with Gasteiger partial charge in [-0.1, -0.05) is 12.1 Å². The molecule has 2 aromatic rings. The molecule has 26 heavy (non-hydrogen) atoms. The first kappa shape index (κ1) is 16.4. The van der Waals surface area contributed by atoms with Crippen molar-refractivity contribution < 1.29 is 13.2 Å². The summed E-state index contributed by atoms with van der Waals surface area (Å²) in [6, 6.07) is 5.22. The van der Waals surface area contributed by atoms with Crippen LogP contribution in [0.3, 0.4) is 0 Å². The Labute approximate surface area is 151 Å². The lowest BCUT2D eigenvalue weighted by Crippen LogP contribution is -2.60. The third-order valence-electron chi connectivity index (χ3n) is 6.51. The number of hydrogen-bond donors (Lipinski definition) is 0. The van der Waals surface area contributed by atoms with E-state index in [1.54, 1.807) is 18.4 Å². The van der Waals surface area contributed by atoms with Crippen LogP contribution in [0, 0.1) is 24.5 Å². The molecule has 2 bridgehead atoms. The van der Waals surface area contributed by atoms with Crippen LogP contribution in [-0.4, -0.2) is 46.5 Å². The Balaban J connectivity index is 1.51. The number of fused-ring (bicyclic) bond motifs is 2. The fraction of sp³-hybridized carbons (Fsp3) is 0.550. The summed E-state index contributed by atoms with van der Waals surface area (Å²) < 4.78 is 33.8. The van der Waals surface area contributed by atoms with Crippen LogP contribution in [0.1, 0.15) is 35.9 Å². The van der Waals surface area contributed by atoms with Gasteiger partial charge < -0.3 is 4.42 Å². The highest BCUT2D eigenvalue weighted by molar-refractivity contribution is 5.29. The summed E-state index contributed by atoms with van der Waals surface area (Å²) in [6.07, 6.45) is 4.09. The Morgan fingerprint density at radius 1 is 1.19 bits per heavy atom. The quantitative estimate of drug-likeness (QED) is 0.842. The van der Waals surface area contributed by atoms with Crippen LogP contribution in [0.25, 0.3) is 0 Å². The Hall–Kier alpha value is -1.79. The second kappa shape index (κ2) is 6.13. The van der Waals surface area contributed by atoms with Gasteiger partial charge in [0.05, 0.1) is 5.69 Å². The zero-order valence-corrected chi connectivity index (χ0v) is 14.9. The number of piperidine rings is 3. The lowest BCUT2D eigenvalue weighted by Gasteiger charge is -2.51. The number of hydrogen-bond acceptors (Lipinski definition) is 4. The predicted molar refractivity (Wildman–Crippen MR) is 92.6 cm³/mol. The molecule has 138 valence electrons. The molecule has 0 N–H and O–H groups in total. The fourth-order valence-electron chi connectivity index (χ4n) is 5.49. The summed E-state index contributed by atoms with van der Waals surface area (Å²) in [4.78, 5) is 9.36. The Kier molecular flexibility index (Phi) is 3.87. The maximum atomic E-state index is 14.6. The molecule has 0 aliphatic carbocycles. The first-order valence-corrected chi connectivity index (χ1v) is 9.45. The standard InChI is InChI=1S/C20H23F2N3O/c1-12-23-14(11-26-12)9-25-10-16(15-3-2-4-17(21)18(15)22)20-19(25)13-5-7-24(20)8-6-13/h2-4,11,13,16,19-20H,5-10H2,1H3/t16-,19-,20-/m1/s1. The summed E-state index contributed by atoms with van der Waals surface area (Å²) in [6.45, 7) is 5.41.